The molecular formula is C16H16ClNO4S. The summed E-state index contributed by atoms with van der Waals surface area (Å²) in [4.78, 5) is 11.9. The molecule has 7 heteroatoms. The van der Waals surface area contributed by atoms with E-state index in [0.29, 0.717) is 10.6 Å². The van der Waals surface area contributed by atoms with Gasteiger partial charge in [0.1, 0.15) is 0 Å². The van der Waals surface area contributed by atoms with Gasteiger partial charge in [0, 0.05) is 5.02 Å². The summed E-state index contributed by atoms with van der Waals surface area (Å²) in [5, 5.41) is 0.302. The average molecular weight is 354 g/mol. The monoisotopic (exact) mass is 353 g/mol. The molecule has 0 heterocycles. The molecule has 2 aromatic carbocycles. The summed E-state index contributed by atoms with van der Waals surface area (Å²) in [6.45, 7) is 3.59. The van der Waals surface area contributed by atoms with Crippen molar-refractivity contribution in [1.82, 2.24) is 0 Å². The first-order valence-corrected chi connectivity index (χ1v) is 8.58. The SMILES string of the molecule is COC(=O)c1ccc(Cl)cc1NS(=O)(=O)c1ccc(C)cc1C. The zero-order chi connectivity index (χ0) is 17.2. The molecule has 5 nitrogen and oxygen atoms in total. The molecule has 0 amide bonds. The molecule has 0 unspecified atom stereocenters. The molecule has 0 saturated heterocycles. The molecule has 2 rings (SSSR count). The van der Waals surface area contributed by atoms with Crippen LogP contribution in [0.2, 0.25) is 5.02 Å². The predicted molar refractivity (Wildman–Crippen MR) is 89.5 cm³/mol. The van der Waals surface area contributed by atoms with E-state index < -0.39 is 16.0 Å². The molecule has 122 valence electrons. The van der Waals surface area contributed by atoms with Crippen LogP contribution in [0.15, 0.2) is 41.3 Å². The van der Waals surface area contributed by atoms with E-state index in [1.807, 2.05) is 6.92 Å². The van der Waals surface area contributed by atoms with Gasteiger partial charge in [-0.3, -0.25) is 4.72 Å². The summed E-state index contributed by atoms with van der Waals surface area (Å²) in [5.41, 5.74) is 1.73. The van der Waals surface area contributed by atoms with Crippen molar-refractivity contribution in [2.75, 3.05) is 11.8 Å². The highest BCUT2D eigenvalue weighted by atomic mass is 35.5. The van der Waals surface area contributed by atoms with E-state index in [4.69, 9.17) is 11.6 Å². The molecule has 0 aromatic heterocycles. The lowest BCUT2D eigenvalue weighted by atomic mass is 10.2. The molecule has 23 heavy (non-hydrogen) atoms. The van der Waals surface area contributed by atoms with E-state index in [-0.39, 0.29) is 16.1 Å². The first-order valence-electron chi connectivity index (χ1n) is 6.72. The first kappa shape index (κ1) is 17.3. The number of esters is 1. The minimum absolute atomic E-state index is 0.0734. The Morgan fingerprint density at radius 2 is 1.83 bits per heavy atom. The molecule has 0 aliphatic carbocycles. The molecule has 0 aliphatic rings. The molecule has 2 aromatic rings. The van der Waals surface area contributed by atoms with E-state index in [9.17, 15) is 13.2 Å². The summed E-state index contributed by atoms with van der Waals surface area (Å²) >= 11 is 5.90. The quantitative estimate of drug-likeness (QED) is 0.853. The summed E-state index contributed by atoms with van der Waals surface area (Å²) in [6, 6.07) is 9.27. The lowest BCUT2D eigenvalue weighted by Gasteiger charge is -2.13. The van der Waals surface area contributed by atoms with E-state index in [1.165, 1.54) is 31.4 Å². The van der Waals surface area contributed by atoms with Crippen LogP contribution in [-0.2, 0) is 14.8 Å². The minimum atomic E-state index is -3.86. The van der Waals surface area contributed by atoms with Gasteiger partial charge in [-0.1, -0.05) is 29.3 Å². The van der Waals surface area contributed by atoms with Crippen molar-refractivity contribution >= 4 is 33.3 Å². The number of rotatable bonds is 4. The van der Waals surface area contributed by atoms with E-state index in [2.05, 4.69) is 9.46 Å². The van der Waals surface area contributed by atoms with Crippen molar-refractivity contribution in [3.63, 3.8) is 0 Å². The Kier molecular flexibility index (Phi) is 4.97. The van der Waals surface area contributed by atoms with Crippen LogP contribution >= 0.6 is 11.6 Å². The third-order valence-corrected chi connectivity index (χ3v) is 5.01. The molecule has 0 spiro atoms. The number of carbonyl (C=O) groups is 1. The highest BCUT2D eigenvalue weighted by Crippen LogP contribution is 2.26. The normalized spacial score (nSPS) is 11.1. The zero-order valence-corrected chi connectivity index (χ0v) is 14.5. The van der Waals surface area contributed by atoms with Gasteiger partial charge >= 0.3 is 5.97 Å². The van der Waals surface area contributed by atoms with Crippen molar-refractivity contribution in [3.05, 3.63) is 58.1 Å². The fourth-order valence-electron chi connectivity index (χ4n) is 2.19. The van der Waals surface area contributed by atoms with Crippen LogP contribution in [0.3, 0.4) is 0 Å². The number of halogens is 1. The van der Waals surface area contributed by atoms with Crippen LogP contribution in [-0.4, -0.2) is 21.5 Å². The largest absolute Gasteiger partial charge is 0.465 e. The van der Waals surface area contributed by atoms with Gasteiger partial charge in [-0.15, -0.1) is 0 Å². The van der Waals surface area contributed by atoms with E-state index >= 15 is 0 Å². The summed E-state index contributed by atoms with van der Waals surface area (Å²) < 4.78 is 32.3. The Morgan fingerprint density at radius 3 is 2.43 bits per heavy atom. The van der Waals surface area contributed by atoms with E-state index in [1.54, 1.807) is 19.1 Å². The molecule has 0 atom stereocenters. The first-order chi connectivity index (χ1) is 10.7. The molecular weight excluding hydrogens is 338 g/mol. The van der Waals surface area contributed by atoms with Crippen LogP contribution in [0.4, 0.5) is 5.69 Å². The maximum atomic E-state index is 12.6. The Labute approximate surface area is 140 Å². The second kappa shape index (κ2) is 6.60. The highest BCUT2D eigenvalue weighted by molar-refractivity contribution is 7.92. The smallest absolute Gasteiger partial charge is 0.339 e. The number of benzene rings is 2. The molecule has 0 fully saturated rings. The summed E-state index contributed by atoms with van der Waals surface area (Å²) in [5.74, 6) is -0.653. The third kappa shape index (κ3) is 3.83. The Morgan fingerprint density at radius 1 is 1.13 bits per heavy atom. The fourth-order valence-corrected chi connectivity index (χ4v) is 3.66. The average Bonchev–Trinajstić information content (AvgIpc) is 2.45. The topological polar surface area (TPSA) is 72.5 Å². The standard InChI is InChI=1S/C16H16ClNO4S/c1-10-4-7-15(11(2)8-10)23(20,21)18-14-9-12(17)5-6-13(14)16(19)22-3/h4-9,18H,1-3H3. The number of nitrogens with one attached hydrogen (secondary N) is 1. The van der Waals surface area contributed by atoms with E-state index in [0.717, 1.165) is 5.56 Å². The summed E-state index contributed by atoms with van der Waals surface area (Å²) in [6.07, 6.45) is 0. The van der Waals surface area contributed by atoms with Gasteiger partial charge in [-0.05, 0) is 43.7 Å². The maximum absolute atomic E-state index is 12.6. The predicted octanol–water partition coefficient (Wildman–Crippen LogP) is 3.54. The molecule has 0 radical (unpaired) electrons. The Bertz CT molecular complexity index is 862. The number of hydrogen-bond donors (Lipinski definition) is 1. The number of hydrogen-bond acceptors (Lipinski definition) is 4. The lowest BCUT2D eigenvalue weighted by molar-refractivity contribution is 0.0602. The lowest BCUT2D eigenvalue weighted by Crippen LogP contribution is -2.17. The van der Waals surface area contributed by atoms with Crippen molar-refractivity contribution in [3.8, 4) is 0 Å². The number of carbonyl (C=O) groups excluding carboxylic acids is 1. The number of methoxy groups -OCH3 is 1. The van der Waals surface area contributed by atoms with Crippen molar-refractivity contribution in [2.24, 2.45) is 0 Å². The van der Waals surface area contributed by atoms with Gasteiger partial charge < -0.3 is 4.74 Å². The van der Waals surface area contributed by atoms with Crippen LogP contribution in [0, 0.1) is 13.8 Å². The summed E-state index contributed by atoms with van der Waals surface area (Å²) in [7, 11) is -2.64. The van der Waals surface area contributed by atoms with Gasteiger partial charge in [0.25, 0.3) is 10.0 Å². The number of aryl methyl sites for hydroxylation is 2. The van der Waals surface area contributed by atoms with Gasteiger partial charge in [0.05, 0.1) is 23.3 Å². The number of sulfonamides is 1. The van der Waals surface area contributed by atoms with Gasteiger partial charge in [0.2, 0.25) is 0 Å². The van der Waals surface area contributed by atoms with Crippen LogP contribution < -0.4 is 4.72 Å². The second-order valence-electron chi connectivity index (χ2n) is 5.06. The minimum Gasteiger partial charge on any atom is -0.465 e. The molecule has 0 aliphatic heterocycles. The van der Waals surface area contributed by atoms with Crippen LogP contribution in [0.5, 0.6) is 0 Å². The van der Waals surface area contributed by atoms with Gasteiger partial charge in [-0.25, -0.2) is 13.2 Å². The number of ether oxygens (including phenoxy) is 1. The second-order valence-corrected chi connectivity index (χ2v) is 7.14. The molecule has 0 saturated carbocycles. The van der Waals surface area contributed by atoms with Crippen molar-refractivity contribution < 1.29 is 17.9 Å². The van der Waals surface area contributed by atoms with Crippen molar-refractivity contribution in [1.29, 1.82) is 0 Å². The Hall–Kier alpha value is -2.05. The molecule has 0 bridgehead atoms. The number of anilines is 1. The molecule has 1 N–H and O–H groups in total. The van der Waals surface area contributed by atoms with Crippen LogP contribution in [0.1, 0.15) is 21.5 Å². The Balaban J connectivity index is 2.49. The van der Waals surface area contributed by atoms with Gasteiger partial charge in [-0.2, -0.15) is 0 Å². The fraction of sp³-hybridized carbons (Fsp3) is 0.188. The van der Waals surface area contributed by atoms with Crippen molar-refractivity contribution in [2.45, 2.75) is 18.7 Å². The third-order valence-electron chi connectivity index (χ3n) is 3.25. The van der Waals surface area contributed by atoms with Gasteiger partial charge in [0.15, 0.2) is 0 Å². The zero-order valence-electron chi connectivity index (χ0n) is 12.9. The maximum Gasteiger partial charge on any atom is 0.339 e. The highest BCUT2D eigenvalue weighted by Gasteiger charge is 2.21. The van der Waals surface area contributed by atoms with Crippen LogP contribution in [0.25, 0.3) is 0 Å².